The molecule has 2 aromatic carbocycles. The van der Waals surface area contributed by atoms with Crippen molar-refractivity contribution in [1.82, 2.24) is 4.98 Å². The number of unbranched alkanes of at least 4 members (excludes halogenated alkanes) is 5. The van der Waals surface area contributed by atoms with E-state index in [2.05, 4.69) is 87.5 Å². The molecule has 206 valence electrons. The molecule has 0 unspecified atom stereocenters. The van der Waals surface area contributed by atoms with Gasteiger partial charge >= 0.3 is 0 Å². The van der Waals surface area contributed by atoms with Crippen LogP contribution in [0, 0.1) is 0 Å². The Morgan fingerprint density at radius 1 is 0.667 bits per heavy atom. The van der Waals surface area contributed by atoms with Gasteiger partial charge in [0.15, 0.2) is 0 Å². The van der Waals surface area contributed by atoms with Crippen LogP contribution in [0.15, 0.2) is 75.1 Å². The van der Waals surface area contributed by atoms with Gasteiger partial charge in [-0.2, -0.15) is 0 Å². The normalized spacial score (nSPS) is 11.9. The van der Waals surface area contributed by atoms with Gasteiger partial charge in [-0.25, -0.2) is 4.98 Å². The van der Waals surface area contributed by atoms with Crippen LogP contribution in [0.4, 0.5) is 27.2 Å². The highest BCUT2D eigenvalue weighted by Gasteiger charge is 2.09. The number of thiophene rings is 1. The molecule has 0 saturated carbocycles. The van der Waals surface area contributed by atoms with Crippen LogP contribution in [-0.2, 0) is 6.42 Å². The number of anilines is 1. The first-order valence-electron chi connectivity index (χ1n) is 14.4. The topological polar surface area (TPSA) is 65.6 Å². The molecule has 0 fully saturated rings. The van der Waals surface area contributed by atoms with Crippen LogP contribution >= 0.6 is 22.7 Å². The smallest absolute Gasteiger partial charge is 0.231 e. The molecule has 0 radical (unpaired) electrons. The lowest BCUT2D eigenvalue weighted by atomic mass is 10.0. The van der Waals surface area contributed by atoms with Gasteiger partial charge in [0, 0.05) is 18.8 Å². The summed E-state index contributed by atoms with van der Waals surface area (Å²) in [6.45, 7) is 8.82. The van der Waals surface area contributed by atoms with Gasteiger partial charge in [-0.05, 0) is 73.7 Å². The average molecular weight is 561 g/mol. The molecule has 0 amide bonds. The van der Waals surface area contributed by atoms with E-state index in [9.17, 15) is 0 Å². The number of azo groups is 2. The van der Waals surface area contributed by atoms with E-state index < -0.39 is 0 Å². The van der Waals surface area contributed by atoms with Crippen LogP contribution in [-0.4, -0.2) is 18.1 Å². The summed E-state index contributed by atoms with van der Waals surface area (Å²) in [5, 5.41) is 19.2. The number of hydrogen-bond donors (Lipinski definition) is 0. The molecule has 4 rings (SSSR count). The Morgan fingerprint density at radius 2 is 1.31 bits per heavy atom. The fourth-order valence-corrected chi connectivity index (χ4v) is 6.34. The molecule has 39 heavy (non-hydrogen) atoms. The van der Waals surface area contributed by atoms with E-state index in [-0.39, 0.29) is 0 Å². The Bertz CT molecular complexity index is 1280. The van der Waals surface area contributed by atoms with Crippen molar-refractivity contribution in [2.24, 2.45) is 20.5 Å². The summed E-state index contributed by atoms with van der Waals surface area (Å²) in [6, 6.07) is 18.8. The molecule has 0 bridgehead atoms. The van der Waals surface area contributed by atoms with E-state index in [0.717, 1.165) is 58.3 Å². The van der Waals surface area contributed by atoms with Crippen molar-refractivity contribution in [3.63, 3.8) is 0 Å². The van der Waals surface area contributed by atoms with Crippen LogP contribution in [0.25, 0.3) is 9.53 Å². The second kappa shape index (κ2) is 15.6. The molecule has 2 aromatic heterocycles. The third-order valence-corrected chi connectivity index (χ3v) is 8.47. The molecule has 0 spiro atoms. The number of benzene rings is 2. The van der Waals surface area contributed by atoms with Crippen molar-refractivity contribution in [3.05, 3.63) is 60.2 Å². The summed E-state index contributed by atoms with van der Waals surface area (Å²) >= 11 is 3.05. The van der Waals surface area contributed by atoms with Crippen LogP contribution in [0.2, 0.25) is 0 Å². The van der Waals surface area contributed by atoms with Gasteiger partial charge in [0.05, 0.1) is 16.1 Å². The predicted octanol–water partition coefficient (Wildman–Crippen LogP) is 11.7. The molecule has 0 aliphatic carbocycles. The second-order valence-corrected chi connectivity index (χ2v) is 11.9. The van der Waals surface area contributed by atoms with Gasteiger partial charge in [0.2, 0.25) is 5.13 Å². The Hall–Kier alpha value is -2.97. The van der Waals surface area contributed by atoms with E-state index in [1.54, 1.807) is 0 Å². The maximum Gasteiger partial charge on any atom is 0.231 e. The highest BCUT2D eigenvalue weighted by atomic mass is 32.1. The minimum Gasteiger partial charge on any atom is -0.372 e. The molecule has 2 heterocycles. The number of fused-ring (bicyclic) bond motifs is 1. The van der Waals surface area contributed by atoms with Gasteiger partial charge in [-0.1, -0.05) is 87.7 Å². The average Bonchev–Trinajstić information content (AvgIpc) is 3.52. The third-order valence-electron chi connectivity index (χ3n) is 6.54. The summed E-state index contributed by atoms with van der Waals surface area (Å²) in [5.41, 5.74) is 4.31. The largest absolute Gasteiger partial charge is 0.372 e. The molecule has 0 aliphatic rings. The van der Waals surface area contributed by atoms with E-state index in [1.165, 1.54) is 72.4 Å². The minimum absolute atomic E-state index is 0.656. The minimum atomic E-state index is 0.656. The predicted molar refractivity (Wildman–Crippen MR) is 169 cm³/mol. The number of hydrogen-bond acceptors (Lipinski definition) is 8. The number of nitrogens with zero attached hydrogens (tertiary/aromatic N) is 6. The van der Waals surface area contributed by atoms with Crippen LogP contribution in [0.5, 0.6) is 0 Å². The number of aromatic nitrogens is 1. The molecule has 8 heteroatoms. The van der Waals surface area contributed by atoms with Crippen LogP contribution in [0.1, 0.15) is 77.7 Å². The van der Waals surface area contributed by atoms with E-state index in [1.807, 2.05) is 18.2 Å². The zero-order valence-electron chi connectivity index (χ0n) is 23.5. The zero-order chi connectivity index (χ0) is 27.3. The SMILES string of the molecule is CCCCCCCCc1ccc(N=Nc2cc3sc(N=Nc4ccc(N(CCC)CCC)cc4)nc3s2)cc1. The fourth-order valence-electron chi connectivity index (χ4n) is 4.49. The summed E-state index contributed by atoms with van der Waals surface area (Å²) in [6.07, 6.45) is 11.4. The molecule has 6 nitrogen and oxygen atoms in total. The van der Waals surface area contributed by atoms with Crippen molar-refractivity contribution >= 4 is 59.4 Å². The highest BCUT2D eigenvalue weighted by Crippen LogP contribution is 2.39. The van der Waals surface area contributed by atoms with E-state index >= 15 is 0 Å². The Kier molecular flexibility index (Phi) is 11.6. The molecule has 0 N–H and O–H groups in total. The Balaban J connectivity index is 1.29. The number of thiazole rings is 1. The maximum atomic E-state index is 4.63. The number of rotatable bonds is 16. The first-order valence-corrected chi connectivity index (χ1v) is 16.0. The standard InChI is InChI=1S/C31H40N6S2/c1-4-7-8-9-10-11-12-24-13-15-25(16-14-24)33-35-29-23-28-30(39-29)32-31(38-28)36-34-26-17-19-27(20-18-26)37(21-5-2)22-6-3/h13-20,23H,4-12,21-22H2,1-3H3. The van der Waals surface area contributed by atoms with Gasteiger partial charge in [0.25, 0.3) is 0 Å². The van der Waals surface area contributed by atoms with Crippen molar-refractivity contribution in [2.75, 3.05) is 18.0 Å². The monoisotopic (exact) mass is 560 g/mol. The van der Waals surface area contributed by atoms with Crippen molar-refractivity contribution in [1.29, 1.82) is 0 Å². The summed E-state index contributed by atoms with van der Waals surface area (Å²) in [4.78, 5) is 7.96. The quantitative estimate of drug-likeness (QED) is 0.101. The lowest BCUT2D eigenvalue weighted by Gasteiger charge is -2.23. The first-order chi connectivity index (χ1) is 19.2. The molecule has 0 atom stereocenters. The van der Waals surface area contributed by atoms with Crippen molar-refractivity contribution in [2.45, 2.75) is 78.6 Å². The summed E-state index contributed by atoms with van der Waals surface area (Å²) in [5.74, 6) is 0. The maximum absolute atomic E-state index is 4.63. The van der Waals surface area contributed by atoms with Gasteiger partial charge < -0.3 is 4.90 Å². The van der Waals surface area contributed by atoms with E-state index in [0.29, 0.717) is 5.13 Å². The van der Waals surface area contributed by atoms with Crippen molar-refractivity contribution in [3.8, 4) is 0 Å². The number of aryl methyl sites for hydroxylation is 1. The zero-order valence-corrected chi connectivity index (χ0v) is 25.1. The van der Waals surface area contributed by atoms with Gasteiger partial charge in [0.1, 0.15) is 9.83 Å². The molecular formula is C31H40N6S2. The summed E-state index contributed by atoms with van der Waals surface area (Å²) < 4.78 is 1.06. The fraction of sp³-hybridized carbons (Fsp3) is 0.452. The lowest BCUT2D eigenvalue weighted by Crippen LogP contribution is -2.24. The van der Waals surface area contributed by atoms with Crippen LogP contribution in [0.3, 0.4) is 0 Å². The Morgan fingerprint density at radius 3 is 1.97 bits per heavy atom. The molecular weight excluding hydrogens is 521 g/mol. The second-order valence-electron chi connectivity index (χ2n) is 9.84. The van der Waals surface area contributed by atoms with Crippen molar-refractivity contribution < 1.29 is 0 Å². The third kappa shape index (κ3) is 9.04. The Labute approximate surface area is 240 Å². The lowest BCUT2D eigenvalue weighted by molar-refractivity contribution is 0.607. The molecule has 0 aliphatic heterocycles. The first kappa shape index (κ1) is 29.0. The van der Waals surface area contributed by atoms with Gasteiger partial charge in [-0.15, -0.1) is 20.5 Å². The van der Waals surface area contributed by atoms with Crippen LogP contribution < -0.4 is 4.90 Å². The molecule has 0 saturated heterocycles. The molecule has 4 aromatic rings. The van der Waals surface area contributed by atoms with E-state index in [4.69, 9.17) is 0 Å². The van der Waals surface area contributed by atoms with Gasteiger partial charge in [-0.3, -0.25) is 0 Å². The summed E-state index contributed by atoms with van der Waals surface area (Å²) in [7, 11) is 0. The highest BCUT2D eigenvalue weighted by molar-refractivity contribution is 7.30.